The van der Waals surface area contributed by atoms with Crippen LogP contribution in [0.25, 0.3) is 0 Å². The average Bonchev–Trinajstić information content (AvgIpc) is 2.78. The lowest BCUT2D eigenvalue weighted by Gasteiger charge is -2.41. The summed E-state index contributed by atoms with van der Waals surface area (Å²) in [6.07, 6.45) is 1.87. The molecule has 6 heteroatoms. The van der Waals surface area contributed by atoms with Gasteiger partial charge in [0.15, 0.2) is 0 Å². The fourth-order valence-electron chi connectivity index (χ4n) is 4.10. The monoisotopic (exact) mass is 393 g/mol. The third-order valence-corrected chi connectivity index (χ3v) is 5.64. The molecule has 1 N–H and O–H groups in total. The van der Waals surface area contributed by atoms with E-state index in [2.05, 4.69) is 5.32 Å². The first-order valence-electron chi connectivity index (χ1n) is 10.3. The first kappa shape index (κ1) is 19.5. The van der Waals surface area contributed by atoms with E-state index in [4.69, 9.17) is 4.74 Å². The summed E-state index contributed by atoms with van der Waals surface area (Å²) in [5, 5.41) is 3.11. The minimum absolute atomic E-state index is 0.0181. The number of amides is 2. The van der Waals surface area contributed by atoms with Crippen LogP contribution < -0.4 is 10.1 Å². The molecular formula is C23H27N3O3. The summed E-state index contributed by atoms with van der Waals surface area (Å²) in [6, 6.07) is 17.3. The topological polar surface area (TPSA) is 61.9 Å². The predicted octanol–water partition coefficient (Wildman–Crippen LogP) is 2.30. The molecule has 0 aliphatic carbocycles. The van der Waals surface area contributed by atoms with Gasteiger partial charge in [-0.3, -0.25) is 9.59 Å². The molecule has 0 radical (unpaired) electrons. The number of nitrogens with zero attached hydrogens (tertiary/aromatic N) is 2. The lowest BCUT2D eigenvalue weighted by atomic mass is 10.0. The van der Waals surface area contributed by atoms with E-state index in [0.29, 0.717) is 31.8 Å². The molecule has 2 aliphatic heterocycles. The molecule has 2 heterocycles. The van der Waals surface area contributed by atoms with Crippen molar-refractivity contribution in [2.45, 2.75) is 25.5 Å². The molecule has 1 atom stereocenters. The number of para-hydroxylation sites is 1. The Balaban J connectivity index is 1.45. The van der Waals surface area contributed by atoms with E-state index in [0.717, 1.165) is 37.2 Å². The van der Waals surface area contributed by atoms with Gasteiger partial charge in [0.1, 0.15) is 12.4 Å². The van der Waals surface area contributed by atoms with E-state index in [1.54, 1.807) is 0 Å². The number of carbonyl (C=O) groups excluding carboxylic acids is 2. The fourth-order valence-corrected chi connectivity index (χ4v) is 4.10. The predicted molar refractivity (Wildman–Crippen MR) is 111 cm³/mol. The van der Waals surface area contributed by atoms with Gasteiger partial charge in [0.05, 0.1) is 6.54 Å². The highest BCUT2D eigenvalue weighted by molar-refractivity contribution is 5.95. The third-order valence-electron chi connectivity index (χ3n) is 5.64. The van der Waals surface area contributed by atoms with Gasteiger partial charge in [-0.15, -0.1) is 0 Å². The maximum atomic E-state index is 13.3. The number of benzene rings is 2. The first-order chi connectivity index (χ1) is 14.2. The summed E-state index contributed by atoms with van der Waals surface area (Å²) < 4.78 is 5.87. The highest BCUT2D eigenvalue weighted by Gasteiger charge is 2.32. The molecule has 2 amide bonds. The van der Waals surface area contributed by atoms with Crippen LogP contribution in [0, 0.1) is 0 Å². The maximum Gasteiger partial charge on any atom is 0.254 e. The zero-order chi connectivity index (χ0) is 20.1. The number of nitrogens with one attached hydrogen (secondary N) is 1. The highest BCUT2D eigenvalue weighted by Crippen LogP contribution is 2.21. The van der Waals surface area contributed by atoms with Crippen LogP contribution in [0.5, 0.6) is 5.75 Å². The number of piperidine rings is 1. The molecule has 4 rings (SSSR count). The molecule has 2 aromatic carbocycles. The zero-order valence-corrected chi connectivity index (χ0v) is 16.5. The fraction of sp³-hybridized carbons (Fsp3) is 0.391. The molecule has 1 unspecified atom stereocenters. The summed E-state index contributed by atoms with van der Waals surface area (Å²) in [5.41, 5.74) is 1.55. The number of piperazine rings is 1. The molecule has 6 nitrogen and oxygen atoms in total. The smallest absolute Gasteiger partial charge is 0.254 e. The lowest BCUT2D eigenvalue weighted by molar-refractivity contribution is -0.135. The van der Waals surface area contributed by atoms with Crippen LogP contribution in [0.1, 0.15) is 28.8 Å². The van der Waals surface area contributed by atoms with Gasteiger partial charge in [0.2, 0.25) is 5.91 Å². The first-order valence-corrected chi connectivity index (χ1v) is 10.3. The molecule has 2 aliphatic rings. The number of carbonyl (C=O) groups is 2. The Bertz CT molecular complexity index is 855. The van der Waals surface area contributed by atoms with Crippen LogP contribution in [-0.4, -0.2) is 60.4 Å². The molecule has 2 aromatic rings. The summed E-state index contributed by atoms with van der Waals surface area (Å²) in [7, 11) is 0. The van der Waals surface area contributed by atoms with Gasteiger partial charge in [-0.1, -0.05) is 36.4 Å². The number of rotatable bonds is 5. The molecule has 2 fully saturated rings. The Kier molecular flexibility index (Phi) is 6.10. The van der Waals surface area contributed by atoms with E-state index in [-0.39, 0.29) is 17.9 Å². The molecular weight excluding hydrogens is 366 g/mol. The molecule has 0 aromatic heterocycles. The highest BCUT2D eigenvalue weighted by atomic mass is 16.5. The number of hydrogen-bond acceptors (Lipinski definition) is 4. The average molecular weight is 393 g/mol. The molecule has 0 spiro atoms. The van der Waals surface area contributed by atoms with Crippen LogP contribution in [0.4, 0.5) is 0 Å². The SMILES string of the molecule is O=C(c1ccccc1COc1ccccc1)N1CCCC(N2CCNCC2=O)C1. The van der Waals surface area contributed by atoms with Gasteiger partial charge in [0.25, 0.3) is 5.91 Å². The van der Waals surface area contributed by atoms with Crippen molar-refractivity contribution in [2.24, 2.45) is 0 Å². The number of ether oxygens (including phenoxy) is 1. The number of hydrogen-bond donors (Lipinski definition) is 1. The quantitative estimate of drug-likeness (QED) is 0.847. The summed E-state index contributed by atoms with van der Waals surface area (Å²) in [4.78, 5) is 29.4. The molecule has 2 saturated heterocycles. The van der Waals surface area contributed by atoms with E-state index in [1.807, 2.05) is 64.4 Å². The Morgan fingerprint density at radius 3 is 2.69 bits per heavy atom. The molecule has 29 heavy (non-hydrogen) atoms. The standard InChI is InChI=1S/C23H27N3O3/c27-22-15-24-12-14-26(22)19-8-6-13-25(16-19)23(28)21-11-5-4-7-18(21)17-29-20-9-2-1-3-10-20/h1-5,7,9-11,19,24H,6,8,12-17H2. The second-order valence-electron chi connectivity index (χ2n) is 7.57. The van der Waals surface area contributed by atoms with E-state index < -0.39 is 0 Å². The molecule has 0 bridgehead atoms. The van der Waals surface area contributed by atoms with Gasteiger partial charge in [-0.2, -0.15) is 0 Å². The van der Waals surface area contributed by atoms with Gasteiger partial charge >= 0.3 is 0 Å². The van der Waals surface area contributed by atoms with Crippen molar-refractivity contribution < 1.29 is 14.3 Å². The van der Waals surface area contributed by atoms with Crippen molar-refractivity contribution in [1.82, 2.24) is 15.1 Å². The third kappa shape index (κ3) is 4.59. The lowest BCUT2D eigenvalue weighted by Crippen LogP contribution is -2.57. The minimum atomic E-state index is 0.0181. The van der Waals surface area contributed by atoms with Crippen LogP contribution in [0.3, 0.4) is 0 Å². The van der Waals surface area contributed by atoms with E-state index >= 15 is 0 Å². The van der Waals surface area contributed by atoms with E-state index in [9.17, 15) is 9.59 Å². The van der Waals surface area contributed by atoms with Crippen LogP contribution in [0.15, 0.2) is 54.6 Å². The second kappa shape index (κ2) is 9.09. The zero-order valence-electron chi connectivity index (χ0n) is 16.5. The van der Waals surface area contributed by atoms with Gasteiger partial charge in [0, 0.05) is 43.3 Å². The van der Waals surface area contributed by atoms with Gasteiger partial charge in [-0.25, -0.2) is 0 Å². The van der Waals surface area contributed by atoms with Gasteiger partial charge < -0.3 is 19.9 Å². The Hall–Kier alpha value is -2.86. The van der Waals surface area contributed by atoms with Crippen molar-refractivity contribution in [3.63, 3.8) is 0 Å². The largest absolute Gasteiger partial charge is 0.489 e. The Morgan fingerprint density at radius 2 is 1.86 bits per heavy atom. The summed E-state index contributed by atoms with van der Waals surface area (Å²) in [5.74, 6) is 0.932. The van der Waals surface area contributed by atoms with Crippen LogP contribution >= 0.6 is 0 Å². The van der Waals surface area contributed by atoms with Crippen molar-refractivity contribution in [3.05, 3.63) is 65.7 Å². The minimum Gasteiger partial charge on any atom is -0.489 e. The summed E-state index contributed by atoms with van der Waals surface area (Å²) in [6.45, 7) is 3.59. The Morgan fingerprint density at radius 1 is 1.07 bits per heavy atom. The maximum absolute atomic E-state index is 13.3. The van der Waals surface area contributed by atoms with Gasteiger partial charge in [-0.05, 0) is 31.0 Å². The van der Waals surface area contributed by atoms with Crippen molar-refractivity contribution in [3.8, 4) is 5.75 Å². The van der Waals surface area contributed by atoms with Crippen molar-refractivity contribution in [1.29, 1.82) is 0 Å². The second-order valence-corrected chi connectivity index (χ2v) is 7.57. The number of likely N-dealkylation sites (tertiary alicyclic amines) is 1. The summed E-state index contributed by atoms with van der Waals surface area (Å²) >= 11 is 0. The van der Waals surface area contributed by atoms with Crippen LogP contribution in [-0.2, 0) is 11.4 Å². The normalized spacial score (nSPS) is 19.9. The van der Waals surface area contributed by atoms with E-state index in [1.165, 1.54) is 0 Å². The van der Waals surface area contributed by atoms with Crippen molar-refractivity contribution >= 4 is 11.8 Å². The molecule has 152 valence electrons. The van der Waals surface area contributed by atoms with Crippen LogP contribution in [0.2, 0.25) is 0 Å². The van der Waals surface area contributed by atoms with Crippen molar-refractivity contribution in [2.75, 3.05) is 32.7 Å². The Labute approximate surface area is 171 Å². The molecule has 0 saturated carbocycles.